The van der Waals surface area contributed by atoms with Gasteiger partial charge in [-0.15, -0.1) is 0 Å². The van der Waals surface area contributed by atoms with Gasteiger partial charge >= 0.3 is 0 Å². The maximum Gasteiger partial charge on any atom is 0.235 e. The smallest absolute Gasteiger partial charge is 0.235 e. The predicted molar refractivity (Wildman–Crippen MR) is 66.9 cm³/mol. The molecular weight excluding hydrogens is 200 g/mol. The van der Waals surface area contributed by atoms with Crippen LogP contribution in [0, 0.1) is 5.41 Å². The van der Waals surface area contributed by atoms with Crippen molar-refractivity contribution >= 4 is 5.91 Å². The van der Waals surface area contributed by atoms with Gasteiger partial charge in [-0.25, -0.2) is 0 Å². The standard InChI is InChI=1S/C13H22N2O/c1-12(2,3)15-10(11(14)16)13(4)8-6-5-7-9-13/h5-8,10,15H,9H2,1-4H3,(H2,14,16)/t10-,13?/m1/s1. The number of carbonyl (C=O) groups excluding carboxylic acids is 1. The number of hydrogen-bond donors (Lipinski definition) is 2. The summed E-state index contributed by atoms with van der Waals surface area (Å²) in [4.78, 5) is 11.6. The molecule has 3 heteroatoms. The Morgan fingerprint density at radius 3 is 2.44 bits per heavy atom. The van der Waals surface area contributed by atoms with Crippen LogP contribution in [0.5, 0.6) is 0 Å². The number of amides is 1. The first kappa shape index (κ1) is 13.0. The minimum absolute atomic E-state index is 0.127. The molecule has 16 heavy (non-hydrogen) atoms. The molecular formula is C13H22N2O. The Hall–Kier alpha value is -1.09. The third kappa shape index (κ3) is 3.20. The molecule has 0 radical (unpaired) electrons. The van der Waals surface area contributed by atoms with Crippen LogP contribution in [0.25, 0.3) is 0 Å². The number of carbonyl (C=O) groups is 1. The monoisotopic (exact) mass is 222 g/mol. The van der Waals surface area contributed by atoms with Crippen molar-refractivity contribution in [1.29, 1.82) is 0 Å². The van der Waals surface area contributed by atoms with Gasteiger partial charge in [0.05, 0.1) is 6.04 Å². The van der Waals surface area contributed by atoms with Gasteiger partial charge in [-0.2, -0.15) is 0 Å². The van der Waals surface area contributed by atoms with Gasteiger partial charge in [0.2, 0.25) is 5.91 Å². The number of allylic oxidation sites excluding steroid dienone is 3. The van der Waals surface area contributed by atoms with Crippen LogP contribution in [0.4, 0.5) is 0 Å². The van der Waals surface area contributed by atoms with Crippen LogP contribution in [0.15, 0.2) is 24.3 Å². The molecule has 0 saturated heterocycles. The Labute approximate surface area is 97.8 Å². The van der Waals surface area contributed by atoms with E-state index in [1.165, 1.54) is 0 Å². The molecule has 3 N–H and O–H groups in total. The van der Waals surface area contributed by atoms with Crippen LogP contribution < -0.4 is 11.1 Å². The first-order chi connectivity index (χ1) is 7.25. The van der Waals surface area contributed by atoms with Crippen LogP contribution in [0.1, 0.15) is 34.1 Å². The van der Waals surface area contributed by atoms with E-state index in [2.05, 4.69) is 24.4 Å². The van der Waals surface area contributed by atoms with Gasteiger partial charge in [0, 0.05) is 11.0 Å². The van der Waals surface area contributed by atoms with Crippen LogP contribution >= 0.6 is 0 Å². The fourth-order valence-electron chi connectivity index (χ4n) is 1.95. The third-order valence-corrected chi connectivity index (χ3v) is 2.80. The van der Waals surface area contributed by atoms with Gasteiger partial charge in [-0.05, 0) is 27.2 Å². The number of rotatable bonds is 3. The maximum atomic E-state index is 11.6. The zero-order valence-electron chi connectivity index (χ0n) is 10.6. The fraction of sp³-hybridized carbons (Fsp3) is 0.615. The molecule has 0 heterocycles. The second-order valence-corrected chi connectivity index (χ2v) is 5.73. The van der Waals surface area contributed by atoms with Crippen molar-refractivity contribution in [2.24, 2.45) is 11.1 Å². The number of hydrogen-bond acceptors (Lipinski definition) is 2. The Kier molecular flexibility index (Phi) is 3.58. The largest absolute Gasteiger partial charge is 0.368 e. The lowest BCUT2D eigenvalue weighted by atomic mass is 9.76. The molecule has 1 rings (SSSR count). The molecule has 0 aromatic carbocycles. The lowest BCUT2D eigenvalue weighted by molar-refractivity contribution is -0.122. The summed E-state index contributed by atoms with van der Waals surface area (Å²) >= 11 is 0. The summed E-state index contributed by atoms with van der Waals surface area (Å²) in [5.41, 5.74) is 5.14. The molecule has 1 amide bonds. The van der Waals surface area contributed by atoms with Crippen LogP contribution in [-0.2, 0) is 4.79 Å². The van der Waals surface area contributed by atoms with Crippen molar-refractivity contribution in [3.05, 3.63) is 24.3 Å². The summed E-state index contributed by atoms with van der Waals surface area (Å²) < 4.78 is 0. The van der Waals surface area contributed by atoms with E-state index >= 15 is 0 Å². The Balaban J connectivity index is 2.90. The number of nitrogens with one attached hydrogen (secondary N) is 1. The number of nitrogens with two attached hydrogens (primary N) is 1. The summed E-state index contributed by atoms with van der Waals surface area (Å²) in [5, 5.41) is 3.31. The zero-order chi connectivity index (χ0) is 12.4. The van der Waals surface area contributed by atoms with E-state index in [4.69, 9.17) is 5.73 Å². The molecule has 0 aliphatic heterocycles. The number of primary amides is 1. The summed E-state index contributed by atoms with van der Waals surface area (Å²) in [7, 11) is 0. The second kappa shape index (κ2) is 4.42. The van der Waals surface area contributed by atoms with Crippen molar-refractivity contribution in [2.75, 3.05) is 0 Å². The SMILES string of the molecule is CC(C)(C)N[C@H](C(N)=O)C1(C)C=CC=CC1. The van der Waals surface area contributed by atoms with Crippen molar-refractivity contribution in [3.8, 4) is 0 Å². The molecule has 3 nitrogen and oxygen atoms in total. The van der Waals surface area contributed by atoms with E-state index in [1.807, 2.05) is 32.9 Å². The van der Waals surface area contributed by atoms with E-state index < -0.39 is 0 Å². The van der Waals surface area contributed by atoms with E-state index in [1.54, 1.807) is 0 Å². The van der Waals surface area contributed by atoms with Gasteiger partial charge in [0.15, 0.2) is 0 Å². The molecule has 1 unspecified atom stereocenters. The summed E-state index contributed by atoms with van der Waals surface area (Å²) in [6, 6.07) is -0.339. The minimum Gasteiger partial charge on any atom is -0.368 e. The van der Waals surface area contributed by atoms with E-state index in [0.717, 1.165) is 6.42 Å². The van der Waals surface area contributed by atoms with Gasteiger partial charge in [-0.3, -0.25) is 4.79 Å². The van der Waals surface area contributed by atoms with Crippen LogP contribution in [0.2, 0.25) is 0 Å². The summed E-state index contributed by atoms with van der Waals surface area (Å²) in [6.45, 7) is 8.17. The average Bonchev–Trinajstić information content (AvgIpc) is 2.13. The van der Waals surface area contributed by atoms with Gasteiger partial charge in [0.1, 0.15) is 0 Å². The highest BCUT2D eigenvalue weighted by Crippen LogP contribution is 2.32. The molecule has 1 aliphatic rings. The van der Waals surface area contributed by atoms with Crippen molar-refractivity contribution in [1.82, 2.24) is 5.32 Å². The third-order valence-electron chi connectivity index (χ3n) is 2.80. The van der Waals surface area contributed by atoms with Crippen molar-refractivity contribution in [2.45, 2.75) is 45.7 Å². The van der Waals surface area contributed by atoms with Gasteiger partial charge in [-0.1, -0.05) is 31.2 Å². The molecule has 0 aromatic rings. The van der Waals surface area contributed by atoms with E-state index in [0.29, 0.717) is 0 Å². The lowest BCUT2D eigenvalue weighted by Crippen LogP contribution is -2.57. The quantitative estimate of drug-likeness (QED) is 0.764. The highest BCUT2D eigenvalue weighted by Gasteiger charge is 2.37. The zero-order valence-corrected chi connectivity index (χ0v) is 10.6. The highest BCUT2D eigenvalue weighted by molar-refractivity contribution is 5.81. The Bertz CT molecular complexity index is 325. The predicted octanol–water partition coefficient (Wildman–Crippen LogP) is 1.75. The first-order valence-electron chi connectivity index (χ1n) is 5.66. The van der Waals surface area contributed by atoms with Crippen molar-refractivity contribution in [3.63, 3.8) is 0 Å². The first-order valence-corrected chi connectivity index (χ1v) is 5.66. The van der Waals surface area contributed by atoms with Gasteiger partial charge < -0.3 is 11.1 Å². The van der Waals surface area contributed by atoms with E-state index in [9.17, 15) is 4.79 Å². The van der Waals surface area contributed by atoms with Crippen LogP contribution in [-0.4, -0.2) is 17.5 Å². The molecule has 0 saturated carbocycles. The Morgan fingerprint density at radius 2 is 2.06 bits per heavy atom. The topological polar surface area (TPSA) is 55.1 Å². The maximum absolute atomic E-state index is 11.6. The molecule has 0 bridgehead atoms. The lowest BCUT2D eigenvalue weighted by Gasteiger charge is -2.38. The average molecular weight is 222 g/mol. The molecule has 1 aliphatic carbocycles. The molecule has 0 fully saturated rings. The highest BCUT2D eigenvalue weighted by atomic mass is 16.1. The molecule has 2 atom stereocenters. The molecule has 0 spiro atoms. The second-order valence-electron chi connectivity index (χ2n) is 5.73. The summed E-state index contributed by atoms with van der Waals surface area (Å²) in [5.74, 6) is -0.294. The minimum atomic E-state index is -0.339. The normalized spacial score (nSPS) is 26.8. The summed E-state index contributed by atoms with van der Waals surface area (Å²) in [6.07, 6.45) is 8.93. The van der Waals surface area contributed by atoms with Gasteiger partial charge in [0.25, 0.3) is 0 Å². The molecule has 90 valence electrons. The fourth-order valence-corrected chi connectivity index (χ4v) is 1.95. The Morgan fingerprint density at radius 1 is 1.44 bits per heavy atom. The molecule has 0 aromatic heterocycles. The van der Waals surface area contributed by atoms with Crippen molar-refractivity contribution < 1.29 is 4.79 Å². The van der Waals surface area contributed by atoms with Crippen LogP contribution in [0.3, 0.4) is 0 Å². The van der Waals surface area contributed by atoms with E-state index in [-0.39, 0.29) is 22.9 Å².